The Balaban J connectivity index is 1.46. The summed E-state index contributed by atoms with van der Waals surface area (Å²) in [6.45, 7) is 5.84. The molecule has 1 saturated heterocycles. The van der Waals surface area contributed by atoms with Gasteiger partial charge in [-0.3, -0.25) is 4.90 Å². The molecule has 0 spiro atoms. The van der Waals surface area contributed by atoms with Gasteiger partial charge in [-0.05, 0) is 43.0 Å². The minimum Gasteiger partial charge on any atom is -0.448 e. The number of hydrogen-bond donors (Lipinski definition) is 0. The molecule has 1 aliphatic heterocycles. The molecule has 2 aromatic rings. The molecule has 0 aromatic heterocycles. The molecule has 0 unspecified atom stereocenters. The molecule has 152 valence electrons. The second-order valence-electron chi connectivity index (χ2n) is 8.31. The Hall–Kier alpha value is -2.86. The fraction of sp³-hybridized carbons (Fsp3) is 0.391. The molecule has 0 saturated carbocycles. The van der Waals surface area contributed by atoms with E-state index in [4.69, 9.17) is 14.2 Å². The van der Waals surface area contributed by atoms with Crippen molar-refractivity contribution in [2.45, 2.75) is 38.3 Å². The topological polar surface area (TPSA) is 65.1 Å². The summed E-state index contributed by atoms with van der Waals surface area (Å²) in [5.41, 5.74) is 4.20. The second-order valence-corrected chi connectivity index (χ2v) is 8.31. The molecule has 1 fully saturated rings. The Morgan fingerprint density at radius 3 is 2.21 bits per heavy atom. The van der Waals surface area contributed by atoms with Crippen molar-refractivity contribution in [1.29, 1.82) is 0 Å². The van der Waals surface area contributed by atoms with Crippen LogP contribution >= 0.6 is 0 Å². The van der Waals surface area contributed by atoms with E-state index in [-0.39, 0.29) is 25.9 Å². The SMILES string of the molecule is CC(C)(C)OC[C@H]1C(=O)OCN1C(=O)OCC1c2ccccc2-c2ccccc21. The largest absolute Gasteiger partial charge is 0.448 e. The van der Waals surface area contributed by atoms with Gasteiger partial charge in [-0.2, -0.15) is 0 Å². The Morgan fingerprint density at radius 2 is 1.62 bits per heavy atom. The number of esters is 1. The molecule has 6 nitrogen and oxygen atoms in total. The van der Waals surface area contributed by atoms with Crippen molar-refractivity contribution in [2.75, 3.05) is 19.9 Å². The Labute approximate surface area is 170 Å². The molecule has 29 heavy (non-hydrogen) atoms. The summed E-state index contributed by atoms with van der Waals surface area (Å²) >= 11 is 0. The van der Waals surface area contributed by atoms with Gasteiger partial charge < -0.3 is 14.2 Å². The highest BCUT2D eigenvalue weighted by atomic mass is 16.6. The van der Waals surface area contributed by atoms with Gasteiger partial charge in [-0.1, -0.05) is 48.5 Å². The first-order chi connectivity index (χ1) is 13.8. The molecule has 1 aliphatic carbocycles. The second kappa shape index (κ2) is 7.52. The third kappa shape index (κ3) is 3.85. The average Bonchev–Trinajstić information content (AvgIpc) is 3.22. The lowest BCUT2D eigenvalue weighted by atomic mass is 9.98. The van der Waals surface area contributed by atoms with E-state index < -0.39 is 23.7 Å². The number of fused-ring (bicyclic) bond motifs is 3. The summed E-state index contributed by atoms with van der Waals surface area (Å²) < 4.78 is 16.4. The van der Waals surface area contributed by atoms with Crippen LogP contribution in [0.5, 0.6) is 0 Å². The number of ether oxygens (including phenoxy) is 3. The van der Waals surface area contributed by atoms with Crippen LogP contribution in [0.1, 0.15) is 37.8 Å². The van der Waals surface area contributed by atoms with E-state index in [1.165, 1.54) is 16.0 Å². The third-order valence-corrected chi connectivity index (χ3v) is 5.24. The first kappa shape index (κ1) is 19.5. The van der Waals surface area contributed by atoms with Gasteiger partial charge >= 0.3 is 12.1 Å². The van der Waals surface area contributed by atoms with E-state index in [1.54, 1.807) is 0 Å². The minimum atomic E-state index is -0.787. The highest BCUT2D eigenvalue weighted by Gasteiger charge is 2.40. The number of rotatable bonds is 4. The van der Waals surface area contributed by atoms with E-state index in [2.05, 4.69) is 24.3 Å². The highest BCUT2D eigenvalue weighted by Crippen LogP contribution is 2.44. The van der Waals surface area contributed by atoms with Crippen molar-refractivity contribution in [1.82, 2.24) is 4.90 Å². The van der Waals surface area contributed by atoms with Crippen LogP contribution in [-0.2, 0) is 19.0 Å². The molecular formula is C23H25NO5. The van der Waals surface area contributed by atoms with Gasteiger partial charge in [0.1, 0.15) is 6.61 Å². The zero-order valence-electron chi connectivity index (χ0n) is 16.9. The quantitative estimate of drug-likeness (QED) is 0.734. The molecule has 1 heterocycles. The molecule has 1 amide bonds. The van der Waals surface area contributed by atoms with Gasteiger partial charge in [0.05, 0.1) is 12.2 Å². The summed E-state index contributed by atoms with van der Waals surface area (Å²) in [5.74, 6) is -0.502. The van der Waals surface area contributed by atoms with Crippen molar-refractivity contribution >= 4 is 12.1 Å². The Bertz CT molecular complexity index is 887. The number of benzene rings is 2. The first-order valence-electron chi connectivity index (χ1n) is 9.77. The van der Waals surface area contributed by atoms with Crippen LogP contribution in [0.4, 0.5) is 4.79 Å². The van der Waals surface area contributed by atoms with Gasteiger partial charge in [0.15, 0.2) is 12.8 Å². The maximum Gasteiger partial charge on any atom is 0.413 e. The Kier molecular flexibility index (Phi) is 5.04. The first-order valence-corrected chi connectivity index (χ1v) is 9.77. The predicted molar refractivity (Wildman–Crippen MR) is 107 cm³/mol. The van der Waals surface area contributed by atoms with Crippen molar-refractivity contribution in [3.8, 4) is 11.1 Å². The molecule has 2 aromatic carbocycles. The molecular weight excluding hydrogens is 370 g/mol. The zero-order chi connectivity index (χ0) is 20.6. The van der Waals surface area contributed by atoms with E-state index in [0.717, 1.165) is 11.1 Å². The third-order valence-electron chi connectivity index (χ3n) is 5.24. The molecule has 0 N–H and O–H groups in total. The number of nitrogens with zero attached hydrogens (tertiary/aromatic N) is 1. The smallest absolute Gasteiger partial charge is 0.413 e. The standard InChI is InChI=1S/C23H25NO5/c1-23(2,3)29-13-20-21(25)28-14-24(20)22(26)27-12-19-17-10-6-4-8-15(17)16-9-5-7-11-18(16)19/h4-11,19-20H,12-14H2,1-3H3/t20-/m0/s1. The van der Waals surface area contributed by atoms with Crippen LogP contribution in [0.25, 0.3) is 11.1 Å². The number of amides is 1. The lowest BCUT2D eigenvalue weighted by molar-refractivity contribution is -0.141. The number of cyclic esters (lactones) is 1. The summed E-state index contributed by atoms with van der Waals surface area (Å²) in [7, 11) is 0. The van der Waals surface area contributed by atoms with Crippen LogP contribution in [0, 0.1) is 0 Å². The highest BCUT2D eigenvalue weighted by molar-refractivity contribution is 5.84. The van der Waals surface area contributed by atoms with Gasteiger partial charge in [0, 0.05) is 5.92 Å². The zero-order valence-corrected chi connectivity index (χ0v) is 16.9. The monoisotopic (exact) mass is 395 g/mol. The fourth-order valence-electron chi connectivity index (χ4n) is 3.79. The van der Waals surface area contributed by atoms with Crippen LogP contribution in [0.2, 0.25) is 0 Å². The summed E-state index contributed by atoms with van der Waals surface area (Å²) in [6, 6.07) is 15.5. The van der Waals surface area contributed by atoms with Crippen molar-refractivity contribution in [3.05, 3.63) is 59.7 Å². The van der Waals surface area contributed by atoms with Crippen molar-refractivity contribution in [3.63, 3.8) is 0 Å². The minimum absolute atomic E-state index is 0.0325. The lowest BCUT2D eigenvalue weighted by Gasteiger charge is -2.25. The number of hydrogen-bond acceptors (Lipinski definition) is 5. The molecule has 0 radical (unpaired) electrons. The van der Waals surface area contributed by atoms with Gasteiger partial charge in [-0.15, -0.1) is 0 Å². The molecule has 4 rings (SSSR count). The molecule has 6 heteroatoms. The van der Waals surface area contributed by atoms with Gasteiger partial charge in [0.25, 0.3) is 0 Å². The maximum absolute atomic E-state index is 12.7. The predicted octanol–water partition coefficient (Wildman–Crippen LogP) is 3.94. The van der Waals surface area contributed by atoms with Gasteiger partial charge in [-0.25, -0.2) is 9.59 Å². The average molecular weight is 395 g/mol. The van der Waals surface area contributed by atoms with Gasteiger partial charge in [0.2, 0.25) is 0 Å². The van der Waals surface area contributed by atoms with E-state index in [1.807, 2.05) is 45.0 Å². The molecule has 2 aliphatic rings. The van der Waals surface area contributed by atoms with Crippen molar-refractivity contribution < 1.29 is 23.8 Å². The summed E-state index contributed by atoms with van der Waals surface area (Å²) in [4.78, 5) is 26.1. The van der Waals surface area contributed by atoms with E-state index in [9.17, 15) is 9.59 Å². The van der Waals surface area contributed by atoms with E-state index >= 15 is 0 Å². The molecule has 0 bridgehead atoms. The molecule has 1 atom stereocenters. The maximum atomic E-state index is 12.7. The number of carbonyl (C=O) groups is 2. The summed E-state index contributed by atoms with van der Waals surface area (Å²) in [6.07, 6.45) is -0.569. The fourth-order valence-corrected chi connectivity index (χ4v) is 3.79. The Morgan fingerprint density at radius 1 is 1.03 bits per heavy atom. The number of carbonyl (C=O) groups excluding carboxylic acids is 2. The van der Waals surface area contributed by atoms with Crippen LogP contribution in [0.15, 0.2) is 48.5 Å². The van der Waals surface area contributed by atoms with Crippen LogP contribution in [-0.4, -0.2) is 48.5 Å². The lowest BCUT2D eigenvalue weighted by Crippen LogP contribution is -2.43. The summed E-state index contributed by atoms with van der Waals surface area (Å²) in [5, 5.41) is 0. The normalized spacial score (nSPS) is 18.4. The van der Waals surface area contributed by atoms with Crippen LogP contribution < -0.4 is 0 Å². The van der Waals surface area contributed by atoms with E-state index in [0.29, 0.717) is 0 Å². The van der Waals surface area contributed by atoms with Crippen LogP contribution in [0.3, 0.4) is 0 Å². The van der Waals surface area contributed by atoms with Crippen molar-refractivity contribution in [2.24, 2.45) is 0 Å².